The van der Waals surface area contributed by atoms with E-state index in [-0.39, 0.29) is 31.2 Å². The van der Waals surface area contributed by atoms with Gasteiger partial charge in [-0.25, -0.2) is 0 Å². The van der Waals surface area contributed by atoms with E-state index >= 15 is 0 Å². The van der Waals surface area contributed by atoms with Crippen LogP contribution >= 0.6 is 20.0 Å². The lowest BCUT2D eigenvalue weighted by atomic mass is 9.92. The second-order valence-electron chi connectivity index (χ2n) is 8.58. The summed E-state index contributed by atoms with van der Waals surface area (Å²) in [7, 11) is -4.43. The zero-order chi connectivity index (χ0) is 22.9. The second-order valence-corrected chi connectivity index (χ2v) is 10.6. The maximum absolute atomic E-state index is 12.7. The molecule has 8 heteroatoms. The lowest BCUT2D eigenvalue weighted by Gasteiger charge is -2.31. The average Bonchev–Trinajstić information content (AvgIpc) is 2.74. The third-order valence-electron chi connectivity index (χ3n) is 6.12. The number of aryl methyl sites for hydroxylation is 3. The Bertz CT molecular complexity index is 1250. The van der Waals surface area contributed by atoms with Gasteiger partial charge in [0.1, 0.15) is 5.16 Å². The molecule has 180 valence electrons. The summed E-state index contributed by atoms with van der Waals surface area (Å²) in [6, 6.07) is 12.2. The SMILES string of the molecule is Cc1cc(C)c(-[n+]2ccc(-c3ccncc3)cc2CC2(P(=O)(O)O)C=CC=CC2)c(C)c1.Cl.[Cl-]. The van der Waals surface area contributed by atoms with Gasteiger partial charge in [-0.3, -0.25) is 9.55 Å². The molecule has 2 heterocycles. The van der Waals surface area contributed by atoms with E-state index in [1.807, 2.05) is 42.6 Å². The Kier molecular flexibility index (Phi) is 9.04. The van der Waals surface area contributed by atoms with Crippen LogP contribution in [-0.2, 0) is 11.0 Å². The topological polar surface area (TPSA) is 74.3 Å². The molecule has 0 fully saturated rings. The van der Waals surface area contributed by atoms with E-state index in [0.29, 0.717) is 6.42 Å². The molecular weight excluding hydrogens is 490 g/mol. The zero-order valence-electron chi connectivity index (χ0n) is 19.4. The Labute approximate surface area is 213 Å². The summed E-state index contributed by atoms with van der Waals surface area (Å²) in [4.78, 5) is 24.8. The normalized spacial score (nSPS) is 17.1. The van der Waals surface area contributed by atoms with Crippen molar-refractivity contribution in [1.82, 2.24) is 4.98 Å². The molecule has 0 aliphatic heterocycles. The van der Waals surface area contributed by atoms with Crippen molar-refractivity contribution in [2.24, 2.45) is 0 Å². The predicted octanol–water partition coefficient (Wildman–Crippen LogP) is 2.35. The summed E-state index contributed by atoms with van der Waals surface area (Å²) < 4.78 is 14.8. The minimum Gasteiger partial charge on any atom is -1.00 e. The molecule has 1 aromatic carbocycles. The van der Waals surface area contributed by atoms with Gasteiger partial charge in [-0.05, 0) is 62.6 Å². The maximum Gasteiger partial charge on any atom is 0.336 e. The van der Waals surface area contributed by atoms with Crippen molar-refractivity contribution >= 4 is 20.0 Å². The highest BCUT2D eigenvalue weighted by atomic mass is 35.5. The van der Waals surface area contributed by atoms with E-state index in [1.165, 1.54) is 5.56 Å². The molecule has 1 aliphatic carbocycles. The molecule has 1 aliphatic rings. The molecule has 0 spiro atoms. The number of aromatic nitrogens is 2. The van der Waals surface area contributed by atoms with Crippen LogP contribution in [0.3, 0.4) is 0 Å². The van der Waals surface area contributed by atoms with Gasteiger partial charge in [-0.2, -0.15) is 4.57 Å². The summed E-state index contributed by atoms with van der Waals surface area (Å²) >= 11 is 0. The second kappa shape index (κ2) is 11.0. The first-order valence-electron chi connectivity index (χ1n) is 10.6. The number of nitrogens with zero attached hydrogens (tertiary/aromatic N) is 2. The monoisotopic (exact) mass is 518 g/mol. The third-order valence-corrected chi connectivity index (χ3v) is 7.77. The highest BCUT2D eigenvalue weighted by Gasteiger charge is 2.46. The van der Waals surface area contributed by atoms with Crippen LogP contribution in [0.1, 0.15) is 28.8 Å². The zero-order valence-corrected chi connectivity index (χ0v) is 21.8. The molecule has 0 bridgehead atoms. The molecule has 0 saturated carbocycles. The third kappa shape index (κ3) is 5.51. The van der Waals surface area contributed by atoms with E-state index in [0.717, 1.165) is 33.6 Å². The number of halogens is 2. The molecule has 4 rings (SSSR count). The van der Waals surface area contributed by atoms with Crippen molar-refractivity contribution < 1.29 is 31.3 Å². The molecular formula is C26H29Cl2N2O3P. The van der Waals surface area contributed by atoms with Crippen LogP contribution < -0.4 is 17.0 Å². The summed E-state index contributed by atoms with van der Waals surface area (Å²) in [5.74, 6) is 0. The van der Waals surface area contributed by atoms with Crippen LogP contribution in [0.25, 0.3) is 16.8 Å². The number of hydrogen-bond acceptors (Lipinski definition) is 2. The number of hydrogen-bond donors (Lipinski definition) is 2. The number of allylic oxidation sites excluding steroid dienone is 4. The molecule has 1 unspecified atom stereocenters. The van der Waals surface area contributed by atoms with Gasteiger partial charge in [0.05, 0.1) is 6.42 Å². The van der Waals surface area contributed by atoms with Crippen molar-refractivity contribution in [2.75, 3.05) is 0 Å². The van der Waals surface area contributed by atoms with Gasteiger partial charge >= 0.3 is 7.60 Å². The van der Waals surface area contributed by atoms with Gasteiger partial charge in [-0.1, -0.05) is 29.9 Å². The summed E-state index contributed by atoms with van der Waals surface area (Å²) in [5.41, 5.74) is 7.31. The fourth-order valence-corrected chi connectivity index (χ4v) is 5.59. The molecule has 2 aromatic heterocycles. The molecule has 0 amide bonds. The van der Waals surface area contributed by atoms with Gasteiger partial charge in [0, 0.05) is 35.7 Å². The minimum absolute atomic E-state index is 0. The summed E-state index contributed by atoms with van der Waals surface area (Å²) in [5, 5.41) is -1.27. The number of benzene rings is 1. The standard InChI is InChI=1S/C26H27N2O3P.2ClH/c1-19-15-20(2)25(21(3)16-19)28-14-9-23(22-7-12-27-13-8-22)17-24(28)18-26(32(29,30)31)10-5-4-6-11-26;;/h4-10,12-17H,11,18H2,1-3H3,(H-,29,30,31);2*1H. The van der Waals surface area contributed by atoms with Crippen LogP contribution in [0, 0.1) is 20.8 Å². The molecule has 5 nitrogen and oxygen atoms in total. The van der Waals surface area contributed by atoms with Crippen LogP contribution in [-0.4, -0.2) is 19.9 Å². The molecule has 2 N–H and O–H groups in total. The van der Waals surface area contributed by atoms with E-state index in [1.54, 1.807) is 24.5 Å². The van der Waals surface area contributed by atoms with E-state index in [9.17, 15) is 14.4 Å². The van der Waals surface area contributed by atoms with Crippen LogP contribution in [0.5, 0.6) is 0 Å². The summed E-state index contributed by atoms with van der Waals surface area (Å²) in [6.45, 7) is 6.22. The van der Waals surface area contributed by atoms with Gasteiger partial charge in [-0.15, -0.1) is 12.4 Å². The fourth-order valence-electron chi connectivity index (χ4n) is 4.60. The highest BCUT2D eigenvalue weighted by Crippen LogP contribution is 2.56. The predicted molar refractivity (Wildman–Crippen MR) is 134 cm³/mol. The van der Waals surface area contributed by atoms with Crippen molar-refractivity contribution in [1.29, 1.82) is 0 Å². The van der Waals surface area contributed by atoms with Crippen LogP contribution in [0.2, 0.25) is 0 Å². The minimum atomic E-state index is -4.43. The average molecular weight is 519 g/mol. The van der Waals surface area contributed by atoms with Gasteiger partial charge in [0.15, 0.2) is 11.9 Å². The lowest BCUT2D eigenvalue weighted by molar-refractivity contribution is -0.605. The van der Waals surface area contributed by atoms with Crippen LogP contribution in [0.4, 0.5) is 0 Å². The number of rotatable bonds is 5. The van der Waals surface area contributed by atoms with E-state index in [4.69, 9.17) is 0 Å². The van der Waals surface area contributed by atoms with E-state index < -0.39 is 12.8 Å². The van der Waals surface area contributed by atoms with Gasteiger partial charge < -0.3 is 22.2 Å². The molecule has 3 aromatic rings. The Balaban J connectivity index is 0.00000204. The Morgan fingerprint density at radius 1 is 1.00 bits per heavy atom. The molecule has 34 heavy (non-hydrogen) atoms. The maximum atomic E-state index is 12.7. The smallest absolute Gasteiger partial charge is 0.336 e. The van der Waals surface area contributed by atoms with Crippen LogP contribution in [0.15, 0.2) is 79.3 Å². The fraction of sp³-hybridized carbons (Fsp3) is 0.231. The Morgan fingerprint density at radius 2 is 1.65 bits per heavy atom. The molecule has 0 saturated heterocycles. The first-order chi connectivity index (χ1) is 15.2. The molecule has 1 atom stereocenters. The first kappa shape index (κ1) is 28.0. The van der Waals surface area contributed by atoms with Crippen molar-refractivity contribution in [3.63, 3.8) is 0 Å². The van der Waals surface area contributed by atoms with E-state index in [2.05, 4.69) is 42.5 Å². The highest BCUT2D eigenvalue weighted by molar-refractivity contribution is 7.53. The van der Waals surface area contributed by atoms with Crippen molar-refractivity contribution in [3.05, 3.63) is 102 Å². The van der Waals surface area contributed by atoms with Gasteiger partial charge in [0.2, 0.25) is 5.69 Å². The lowest BCUT2D eigenvalue weighted by Crippen LogP contribution is -3.00. The largest absolute Gasteiger partial charge is 1.00 e. The first-order valence-corrected chi connectivity index (χ1v) is 12.2. The number of pyridine rings is 2. The molecule has 0 radical (unpaired) electrons. The summed E-state index contributed by atoms with van der Waals surface area (Å²) in [6.07, 6.45) is 13.1. The Morgan fingerprint density at radius 3 is 2.21 bits per heavy atom. The quantitative estimate of drug-likeness (QED) is 0.401. The van der Waals surface area contributed by atoms with Gasteiger partial charge in [0.25, 0.3) is 0 Å². The van der Waals surface area contributed by atoms with Crippen molar-refractivity contribution in [3.8, 4) is 16.8 Å². The van der Waals surface area contributed by atoms with Crippen molar-refractivity contribution in [2.45, 2.75) is 38.8 Å². The Hall–Kier alpha value is -2.27.